The van der Waals surface area contributed by atoms with Gasteiger partial charge in [0.2, 0.25) is 5.91 Å². The number of likely N-dealkylation sites (tertiary alicyclic amines) is 1. The zero-order valence-electron chi connectivity index (χ0n) is 10.8. The summed E-state index contributed by atoms with van der Waals surface area (Å²) < 4.78 is 0. The molecule has 1 aliphatic rings. The predicted molar refractivity (Wildman–Crippen MR) is 64.7 cm³/mol. The second-order valence-corrected chi connectivity index (χ2v) is 5.54. The number of carbonyl (C=O) groups is 2. The molecule has 1 amide bonds. The van der Waals surface area contributed by atoms with Crippen LogP contribution in [-0.4, -0.2) is 46.6 Å². The molecular weight excluding hydrogens is 220 g/mol. The first-order valence-electron chi connectivity index (χ1n) is 6.08. The smallest absolute Gasteiger partial charge is 0.326 e. The van der Waals surface area contributed by atoms with E-state index in [1.165, 1.54) is 4.90 Å². The van der Waals surface area contributed by atoms with E-state index in [0.29, 0.717) is 13.0 Å². The molecule has 0 aromatic carbocycles. The summed E-state index contributed by atoms with van der Waals surface area (Å²) in [5, 5.41) is 12.2. The van der Waals surface area contributed by atoms with Gasteiger partial charge in [-0.05, 0) is 40.0 Å². The van der Waals surface area contributed by atoms with Crippen molar-refractivity contribution in [3.05, 3.63) is 0 Å². The summed E-state index contributed by atoms with van der Waals surface area (Å²) in [7, 11) is 0. The van der Waals surface area contributed by atoms with Crippen LogP contribution in [0.25, 0.3) is 0 Å². The molecule has 0 bridgehead atoms. The fraction of sp³-hybridized carbons (Fsp3) is 0.833. The minimum atomic E-state index is -0.895. The highest BCUT2D eigenvalue weighted by atomic mass is 16.4. The number of nitrogens with zero attached hydrogens (tertiary/aromatic N) is 1. The highest BCUT2D eigenvalue weighted by molar-refractivity contribution is 5.85. The molecule has 5 heteroatoms. The number of carboxylic acid groups (broad SMARTS) is 1. The molecule has 0 radical (unpaired) electrons. The van der Waals surface area contributed by atoms with Crippen LogP contribution in [0.2, 0.25) is 0 Å². The number of aliphatic carboxylic acids is 1. The van der Waals surface area contributed by atoms with Crippen LogP contribution in [0.3, 0.4) is 0 Å². The van der Waals surface area contributed by atoms with Crippen LogP contribution in [-0.2, 0) is 9.59 Å². The molecule has 0 aromatic rings. The van der Waals surface area contributed by atoms with Gasteiger partial charge in [0.15, 0.2) is 0 Å². The van der Waals surface area contributed by atoms with Gasteiger partial charge in [-0.15, -0.1) is 0 Å². The standard InChI is InChI=1S/C12H22N2O3/c1-12(2,3)13-8-10(15)14-7-5-4-6-9(14)11(16)17/h9,13H,4-8H2,1-3H3,(H,16,17). The van der Waals surface area contributed by atoms with E-state index >= 15 is 0 Å². The first-order valence-corrected chi connectivity index (χ1v) is 6.08. The molecular formula is C12H22N2O3. The molecule has 0 saturated carbocycles. The fourth-order valence-corrected chi connectivity index (χ4v) is 1.93. The molecule has 0 aromatic heterocycles. The number of carbonyl (C=O) groups excluding carboxylic acids is 1. The lowest BCUT2D eigenvalue weighted by Crippen LogP contribution is -2.52. The van der Waals surface area contributed by atoms with Gasteiger partial charge in [-0.2, -0.15) is 0 Å². The van der Waals surface area contributed by atoms with Crippen molar-refractivity contribution in [1.29, 1.82) is 0 Å². The van der Waals surface area contributed by atoms with Gasteiger partial charge in [0.25, 0.3) is 0 Å². The van der Waals surface area contributed by atoms with Gasteiger partial charge in [-0.1, -0.05) is 0 Å². The summed E-state index contributed by atoms with van der Waals surface area (Å²) in [5.41, 5.74) is -0.135. The molecule has 98 valence electrons. The van der Waals surface area contributed by atoms with Crippen molar-refractivity contribution in [1.82, 2.24) is 10.2 Å². The van der Waals surface area contributed by atoms with Crippen LogP contribution in [0, 0.1) is 0 Å². The van der Waals surface area contributed by atoms with Crippen molar-refractivity contribution in [3.8, 4) is 0 Å². The molecule has 0 aliphatic carbocycles. The molecule has 2 N–H and O–H groups in total. The maximum absolute atomic E-state index is 12.0. The lowest BCUT2D eigenvalue weighted by atomic mass is 10.0. The van der Waals surface area contributed by atoms with E-state index in [4.69, 9.17) is 5.11 Å². The van der Waals surface area contributed by atoms with Gasteiger partial charge in [0.05, 0.1) is 6.54 Å². The second kappa shape index (κ2) is 5.49. The molecule has 1 rings (SSSR count). The maximum atomic E-state index is 12.0. The number of rotatable bonds is 3. The Labute approximate surface area is 102 Å². The maximum Gasteiger partial charge on any atom is 0.326 e. The van der Waals surface area contributed by atoms with E-state index in [2.05, 4.69) is 5.32 Å². The summed E-state index contributed by atoms with van der Waals surface area (Å²) in [5.74, 6) is -1.01. The Morgan fingerprint density at radius 3 is 2.53 bits per heavy atom. The minimum absolute atomic E-state index is 0.118. The molecule has 1 fully saturated rings. The van der Waals surface area contributed by atoms with Crippen LogP contribution < -0.4 is 5.32 Å². The minimum Gasteiger partial charge on any atom is -0.480 e. The Hall–Kier alpha value is -1.10. The first-order chi connectivity index (χ1) is 7.81. The van der Waals surface area contributed by atoms with E-state index in [0.717, 1.165) is 12.8 Å². The zero-order valence-corrected chi connectivity index (χ0v) is 10.8. The summed E-state index contributed by atoms with van der Waals surface area (Å²) in [6.07, 6.45) is 2.34. The SMILES string of the molecule is CC(C)(C)NCC(=O)N1CCCCC1C(=O)O. The molecule has 1 atom stereocenters. The van der Waals surface area contributed by atoms with Crippen molar-refractivity contribution < 1.29 is 14.7 Å². The Balaban J connectivity index is 2.56. The number of carboxylic acids is 1. The topological polar surface area (TPSA) is 69.6 Å². The number of piperidine rings is 1. The third-order valence-corrected chi connectivity index (χ3v) is 2.88. The molecule has 1 unspecified atom stereocenters. The molecule has 1 aliphatic heterocycles. The fourth-order valence-electron chi connectivity index (χ4n) is 1.93. The van der Waals surface area contributed by atoms with Crippen LogP contribution in [0.1, 0.15) is 40.0 Å². The molecule has 5 nitrogen and oxygen atoms in total. The highest BCUT2D eigenvalue weighted by Crippen LogP contribution is 2.17. The van der Waals surface area contributed by atoms with Crippen LogP contribution in [0.15, 0.2) is 0 Å². The number of hydrogen-bond donors (Lipinski definition) is 2. The first kappa shape index (κ1) is 14.0. The number of nitrogens with one attached hydrogen (secondary N) is 1. The van der Waals surface area contributed by atoms with Crippen molar-refractivity contribution in [3.63, 3.8) is 0 Å². The van der Waals surface area contributed by atoms with Gasteiger partial charge in [0.1, 0.15) is 6.04 Å². The van der Waals surface area contributed by atoms with Gasteiger partial charge < -0.3 is 15.3 Å². The monoisotopic (exact) mass is 242 g/mol. The van der Waals surface area contributed by atoms with E-state index in [-0.39, 0.29) is 18.0 Å². The van der Waals surface area contributed by atoms with Crippen LogP contribution in [0.5, 0.6) is 0 Å². The average Bonchev–Trinajstić information content (AvgIpc) is 2.25. The van der Waals surface area contributed by atoms with E-state index in [9.17, 15) is 9.59 Å². The summed E-state index contributed by atoms with van der Waals surface area (Å²) in [6.45, 7) is 6.69. The highest BCUT2D eigenvalue weighted by Gasteiger charge is 2.31. The Bertz CT molecular complexity index is 297. The van der Waals surface area contributed by atoms with Crippen molar-refractivity contribution in [2.45, 2.75) is 51.6 Å². The lowest BCUT2D eigenvalue weighted by molar-refractivity contribution is -0.151. The van der Waals surface area contributed by atoms with E-state index in [1.807, 2.05) is 20.8 Å². The second-order valence-electron chi connectivity index (χ2n) is 5.54. The van der Waals surface area contributed by atoms with E-state index in [1.54, 1.807) is 0 Å². The third kappa shape index (κ3) is 4.34. The molecule has 1 saturated heterocycles. The van der Waals surface area contributed by atoms with E-state index < -0.39 is 12.0 Å². The quantitative estimate of drug-likeness (QED) is 0.769. The van der Waals surface area contributed by atoms with Gasteiger partial charge in [-0.3, -0.25) is 4.79 Å². The Morgan fingerprint density at radius 1 is 1.35 bits per heavy atom. The largest absolute Gasteiger partial charge is 0.480 e. The van der Waals surface area contributed by atoms with Crippen molar-refractivity contribution in [2.75, 3.05) is 13.1 Å². The van der Waals surface area contributed by atoms with Gasteiger partial charge >= 0.3 is 5.97 Å². The normalized spacial score (nSPS) is 21.4. The third-order valence-electron chi connectivity index (χ3n) is 2.88. The van der Waals surface area contributed by atoms with Crippen LogP contribution >= 0.6 is 0 Å². The molecule has 0 spiro atoms. The average molecular weight is 242 g/mol. The summed E-state index contributed by atoms with van der Waals surface area (Å²) in [4.78, 5) is 24.5. The lowest BCUT2D eigenvalue weighted by Gasteiger charge is -2.34. The van der Waals surface area contributed by atoms with Gasteiger partial charge in [0, 0.05) is 12.1 Å². The van der Waals surface area contributed by atoms with Crippen molar-refractivity contribution in [2.24, 2.45) is 0 Å². The molecule has 1 heterocycles. The Morgan fingerprint density at radius 2 is 2.00 bits per heavy atom. The summed E-state index contributed by atoms with van der Waals surface area (Å²) in [6, 6.07) is -0.641. The zero-order chi connectivity index (χ0) is 13.1. The Kier molecular flexibility index (Phi) is 4.51. The number of hydrogen-bond acceptors (Lipinski definition) is 3. The summed E-state index contributed by atoms with van der Waals surface area (Å²) >= 11 is 0. The van der Waals surface area contributed by atoms with Gasteiger partial charge in [-0.25, -0.2) is 4.79 Å². The number of amides is 1. The van der Waals surface area contributed by atoms with Crippen LogP contribution in [0.4, 0.5) is 0 Å². The van der Waals surface area contributed by atoms with Crippen molar-refractivity contribution >= 4 is 11.9 Å². The predicted octanol–water partition coefficient (Wildman–Crippen LogP) is 0.840. The molecule has 17 heavy (non-hydrogen) atoms.